The van der Waals surface area contributed by atoms with Gasteiger partial charge >= 0.3 is 0 Å². The number of para-hydroxylation sites is 2. The van der Waals surface area contributed by atoms with Crippen LogP contribution in [-0.2, 0) is 0 Å². The molecule has 7 heteroatoms. The highest BCUT2D eigenvalue weighted by Crippen LogP contribution is 2.42. The van der Waals surface area contributed by atoms with Gasteiger partial charge in [-0.2, -0.15) is 0 Å². The molecule has 1 heterocycles. The topological polar surface area (TPSA) is 42.9 Å². The lowest BCUT2D eigenvalue weighted by Gasteiger charge is -2.17. The Balaban J connectivity index is 0.00000289. The van der Waals surface area contributed by atoms with Crippen molar-refractivity contribution in [2.24, 2.45) is 4.99 Å². The number of amidine groups is 1. The largest absolute Gasteiger partial charge is 0.490 e. The number of anilines is 1. The second-order valence-corrected chi connectivity index (χ2v) is 8.54. The molecule has 0 amide bonds. The summed E-state index contributed by atoms with van der Waals surface area (Å²) in [4.78, 5) is 4.77. The first-order chi connectivity index (χ1) is 15.2. The Labute approximate surface area is 204 Å². The van der Waals surface area contributed by atoms with Crippen molar-refractivity contribution in [3.05, 3.63) is 88.9 Å². The van der Waals surface area contributed by atoms with E-state index in [1.54, 1.807) is 0 Å². The molecule has 4 rings (SSSR count). The summed E-state index contributed by atoms with van der Waals surface area (Å²) in [6.07, 6.45) is 0. The fourth-order valence-corrected chi connectivity index (χ4v) is 4.87. The molecule has 1 N–H and O–H groups in total. The summed E-state index contributed by atoms with van der Waals surface area (Å²) in [5.74, 6) is 3.23. The Kier molecular flexibility index (Phi) is 9.15. The third-order valence-electron chi connectivity index (χ3n) is 4.86. The van der Waals surface area contributed by atoms with Crippen LogP contribution in [0.2, 0.25) is 5.02 Å². The molecule has 1 aliphatic heterocycles. The summed E-state index contributed by atoms with van der Waals surface area (Å²) in [6, 6.07) is 24.2. The van der Waals surface area contributed by atoms with Gasteiger partial charge < -0.3 is 14.8 Å². The lowest BCUT2D eigenvalue weighted by molar-refractivity contribution is 0.283. The van der Waals surface area contributed by atoms with E-state index in [0.717, 1.165) is 33.8 Å². The first kappa shape index (κ1) is 24.3. The lowest BCUT2D eigenvalue weighted by Crippen LogP contribution is -2.16. The van der Waals surface area contributed by atoms with Crippen molar-refractivity contribution in [3.63, 3.8) is 0 Å². The van der Waals surface area contributed by atoms with Crippen LogP contribution < -0.4 is 14.8 Å². The van der Waals surface area contributed by atoms with Crippen LogP contribution in [0.4, 0.5) is 5.69 Å². The van der Waals surface area contributed by atoms with Gasteiger partial charge in [-0.25, -0.2) is 0 Å². The predicted octanol–water partition coefficient (Wildman–Crippen LogP) is 6.89. The highest BCUT2D eigenvalue weighted by atomic mass is 35.5. The monoisotopic (exact) mass is 488 g/mol. The molecule has 1 aliphatic rings. The van der Waals surface area contributed by atoms with E-state index in [0.29, 0.717) is 19.8 Å². The molecule has 168 valence electrons. The minimum atomic E-state index is 0. The van der Waals surface area contributed by atoms with Crippen molar-refractivity contribution in [1.29, 1.82) is 0 Å². The van der Waals surface area contributed by atoms with Crippen LogP contribution in [-0.4, -0.2) is 31.3 Å². The van der Waals surface area contributed by atoms with E-state index in [1.165, 1.54) is 11.1 Å². The first-order valence-corrected chi connectivity index (χ1v) is 11.8. The lowest BCUT2D eigenvalue weighted by atomic mass is 10.0. The van der Waals surface area contributed by atoms with Crippen LogP contribution in [0.1, 0.15) is 23.3 Å². The SMILES string of the molecule is CCOc1ccccc1OCCN=C1CSC(c2ccccc2)c2cc(Cl)ccc2N1.Cl. The van der Waals surface area contributed by atoms with Crippen molar-refractivity contribution in [2.75, 3.05) is 30.8 Å². The van der Waals surface area contributed by atoms with Gasteiger partial charge in [0.1, 0.15) is 12.4 Å². The van der Waals surface area contributed by atoms with Crippen molar-refractivity contribution >= 4 is 47.3 Å². The summed E-state index contributed by atoms with van der Waals surface area (Å²) in [7, 11) is 0. The summed E-state index contributed by atoms with van der Waals surface area (Å²) >= 11 is 8.17. The minimum absolute atomic E-state index is 0. The highest BCUT2D eigenvalue weighted by Gasteiger charge is 2.23. The molecule has 0 saturated carbocycles. The number of rotatable bonds is 7. The Hall–Kier alpha value is -2.34. The maximum absolute atomic E-state index is 6.32. The van der Waals surface area contributed by atoms with Gasteiger partial charge in [0.2, 0.25) is 0 Å². The molecule has 3 aromatic rings. The molecule has 0 aliphatic carbocycles. The third kappa shape index (κ3) is 6.12. The Morgan fingerprint density at radius 1 is 1.00 bits per heavy atom. The number of halogens is 2. The van der Waals surface area contributed by atoms with Crippen molar-refractivity contribution < 1.29 is 9.47 Å². The molecule has 0 aromatic heterocycles. The van der Waals surface area contributed by atoms with Gasteiger partial charge in [-0.3, -0.25) is 4.99 Å². The van der Waals surface area contributed by atoms with Crippen LogP contribution in [0.15, 0.2) is 77.8 Å². The molecular weight excluding hydrogens is 463 g/mol. The smallest absolute Gasteiger partial charge is 0.161 e. The number of aliphatic imine (C=N–C) groups is 1. The Morgan fingerprint density at radius 2 is 1.72 bits per heavy atom. The summed E-state index contributed by atoms with van der Waals surface area (Å²) in [5.41, 5.74) is 3.48. The van der Waals surface area contributed by atoms with E-state index < -0.39 is 0 Å². The maximum atomic E-state index is 6.32. The first-order valence-electron chi connectivity index (χ1n) is 10.4. The fourth-order valence-electron chi connectivity index (χ4n) is 3.48. The molecule has 0 spiro atoms. The van der Waals surface area contributed by atoms with E-state index >= 15 is 0 Å². The van der Waals surface area contributed by atoms with Gasteiger partial charge in [0, 0.05) is 10.7 Å². The van der Waals surface area contributed by atoms with Crippen molar-refractivity contribution in [1.82, 2.24) is 0 Å². The van der Waals surface area contributed by atoms with Gasteiger partial charge in [-0.1, -0.05) is 54.1 Å². The van der Waals surface area contributed by atoms with Gasteiger partial charge in [0.15, 0.2) is 11.5 Å². The van der Waals surface area contributed by atoms with E-state index in [4.69, 9.17) is 26.1 Å². The molecule has 0 saturated heterocycles. The standard InChI is InChI=1S/C25H25ClN2O2S.ClH/c1-2-29-22-10-6-7-11-23(22)30-15-14-27-24-17-31-25(18-8-4-3-5-9-18)20-16-19(26)12-13-21(20)28-24;/h3-13,16,25H,2,14-15,17H2,1H3,(H,27,28);1H. The van der Waals surface area contributed by atoms with Gasteiger partial charge in [0.05, 0.1) is 24.2 Å². The molecular formula is C25H26Cl2N2O2S. The number of thioether (sulfide) groups is 1. The summed E-state index contributed by atoms with van der Waals surface area (Å²) in [6.45, 7) is 3.61. The van der Waals surface area contributed by atoms with Crippen LogP contribution in [0.25, 0.3) is 0 Å². The number of hydrogen-bond donors (Lipinski definition) is 1. The molecule has 0 fully saturated rings. The molecule has 1 unspecified atom stereocenters. The fraction of sp³-hybridized carbons (Fsp3) is 0.240. The summed E-state index contributed by atoms with van der Waals surface area (Å²) in [5, 5.41) is 4.45. The van der Waals surface area contributed by atoms with E-state index in [2.05, 4.69) is 29.6 Å². The highest BCUT2D eigenvalue weighted by molar-refractivity contribution is 8.00. The van der Waals surface area contributed by atoms with Crippen molar-refractivity contribution in [3.8, 4) is 11.5 Å². The van der Waals surface area contributed by atoms with Crippen LogP contribution in [0.5, 0.6) is 11.5 Å². The number of benzene rings is 3. The number of fused-ring (bicyclic) bond motifs is 1. The zero-order chi connectivity index (χ0) is 21.5. The second-order valence-electron chi connectivity index (χ2n) is 7.01. The Morgan fingerprint density at radius 3 is 2.47 bits per heavy atom. The van der Waals surface area contributed by atoms with E-state index in [1.807, 2.05) is 67.2 Å². The zero-order valence-electron chi connectivity index (χ0n) is 17.8. The molecule has 0 radical (unpaired) electrons. The molecule has 32 heavy (non-hydrogen) atoms. The van der Waals surface area contributed by atoms with Gasteiger partial charge in [-0.05, 0) is 48.4 Å². The van der Waals surface area contributed by atoms with Gasteiger partial charge in [0.25, 0.3) is 0 Å². The predicted molar refractivity (Wildman–Crippen MR) is 138 cm³/mol. The second kappa shape index (κ2) is 12.0. The third-order valence-corrected chi connectivity index (χ3v) is 6.40. The molecule has 3 aromatic carbocycles. The Bertz CT molecular complexity index is 1050. The normalized spacial score (nSPS) is 16.3. The van der Waals surface area contributed by atoms with Crippen LogP contribution in [0.3, 0.4) is 0 Å². The van der Waals surface area contributed by atoms with Gasteiger partial charge in [-0.15, -0.1) is 24.2 Å². The molecule has 1 atom stereocenters. The zero-order valence-corrected chi connectivity index (χ0v) is 20.2. The number of nitrogens with one attached hydrogen (secondary N) is 1. The van der Waals surface area contributed by atoms with Crippen LogP contribution in [0, 0.1) is 0 Å². The van der Waals surface area contributed by atoms with Crippen LogP contribution >= 0.6 is 35.8 Å². The van der Waals surface area contributed by atoms with E-state index in [-0.39, 0.29) is 17.7 Å². The number of nitrogens with zero attached hydrogens (tertiary/aromatic N) is 1. The van der Waals surface area contributed by atoms with Crippen molar-refractivity contribution in [2.45, 2.75) is 12.2 Å². The summed E-state index contributed by atoms with van der Waals surface area (Å²) < 4.78 is 11.5. The molecule has 0 bridgehead atoms. The quantitative estimate of drug-likeness (QED) is 0.367. The average Bonchev–Trinajstić information content (AvgIpc) is 2.97. The number of ether oxygens (including phenoxy) is 2. The average molecular weight is 489 g/mol. The number of hydrogen-bond acceptors (Lipinski definition) is 4. The maximum Gasteiger partial charge on any atom is 0.161 e. The minimum Gasteiger partial charge on any atom is -0.490 e. The molecule has 4 nitrogen and oxygen atoms in total. The van der Waals surface area contributed by atoms with E-state index in [9.17, 15) is 0 Å².